The summed E-state index contributed by atoms with van der Waals surface area (Å²) in [5.74, 6) is -0.787. The average molecular weight is 330 g/mol. The van der Waals surface area contributed by atoms with Gasteiger partial charge in [-0.05, 0) is 23.3 Å². The molecule has 0 aliphatic rings. The van der Waals surface area contributed by atoms with Gasteiger partial charge in [-0.15, -0.1) is 0 Å². The SMILES string of the molecule is COC(=O)c1ccc(C(C(=O)c2ccccc2)c2ccccc2)cc1. The van der Waals surface area contributed by atoms with Crippen LogP contribution in [0.3, 0.4) is 0 Å². The first-order valence-electron chi connectivity index (χ1n) is 8.03. The summed E-state index contributed by atoms with van der Waals surface area (Å²) < 4.78 is 4.73. The van der Waals surface area contributed by atoms with E-state index in [2.05, 4.69) is 0 Å². The Morgan fingerprint density at radius 3 is 1.76 bits per heavy atom. The van der Waals surface area contributed by atoms with E-state index >= 15 is 0 Å². The van der Waals surface area contributed by atoms with E-state index in [1.54, 1.807) is 12.1 Å². The van der Waals surface area contributed by atoms with Crippen LogP contribution in [0.4, 0.5) is 0 Å². The number of hydrogen-bond donors (Lipinski definition) is 0. The predicted molar refractivity (Wildman–Crippen MR) is 96.8 cm³/mol. The largest absolute Gasteiger partial charge is 0.465 e. The van der Waals surface area contributed by atoms with Crippen LogP contribution in [0.1, 0.15) is 37.8 Å². The van der Waals surface area contributed by atoms with Gasteiger partial charge in [-0.25, -0.2) is 4.79 Å². The highest BCUT2D eigenvalue weighted by Gasteiger charge is 2.24. The van der Waals surface area contributed by atoms with E-state index in [-0.39, 0.29) is 5.78 Å². The Morgan fingerprint density at radius 1 is 0.680 bits per heavy atom. The highest BCUT2D eigenvalue weighted by Crippen LogP contribution is 2.29. The summed E-state index contributed by atoms with van der Waals surface area (Å²) in [6.07, 6.45) is 0. The van der Waals surface area contributed by atoms with Gasteiger partial charge in [0.2, 0.25) is 0 Å². The van der Waals surface area contributed by atoms with Crippen molar-refractivity contribution in [1.29, 1.82) is 0 Å². The van der Waals surface area contributed by atoms with Gasteiger partial charge in [-0.1, -0.05) is 72.8 Å². The number of carbonyl (C=O) groups excluding carboxylic acids is 2. The van der Waals surface area contributed by atoms with E-state index in [1.165, 1.54) is 7.11 Å². The molecule has 124 valence electrons. The Balaban J connectivity index is 2.03. The Labute approximate surface area is 146 Å². The smallest absolute Gasteiger partial charge is 0.337 e. The highest BCUT2D eigenvalue weighted by molar-refractivity contribution is 6.03. The molecule has 0 saturated heterocycles. The molecule has 3 aromatic carbocycles. The van der Waals surface area contributed by atoms with Gasteiger partial charge >= 0.3 is 5.97 Å². The minimum absolute atomic E-state index is 0.0256. The lowest BCUT2D eigenvalue weighted by molar-refractivity contribution is 0.0600. The first-order chi connectivity index (χ1) is 12.2. The fraction of sp³-hybridized carbons (Fsp3) is 0.0909. The van der Waals surface area contributed by atoms with Gasteiger partial charge in [0.05, 0.1) is 18.6 Å². The van der Waals surface area contributed by atoms with Crippen molar-refractivity contribution in [3.05, 3.63) is 107 Å². The van der Waals surface area contributed by atoms with E-state index < -0.39 is 11.9 Å². The van der Waals surface area contributed by atoms with Crippen molar-refractivity contribution in [2.45, 2.75) is 5.92 Å². The Bertz CT molecular complexity index is 853. The summed E-state index contributed by atoms with van der Waals surface area (Å²) >= 11 is 0. The third-order valence-electron chi connectivity index (χ3n) is 4.12. The molecule has 1 unspecified atom stereocenters. The number of rotatable bonds is 5. The summed E-state index contributed by atoms with van der Waals surface area (Å²) in [7, 11) is 1.35. The zero-order valence-corrected chi connectivity index (χ0v) is 13.9. The molecule has 0 fully saturated rings. The van der Waals surface area contributed by atoms with Gasteiger partial charge in [0.1, 0.15) is 0 Å². The number of Topliss-reactive ketones (excluding diaryl/α,β-unsaturated/α-hetero) is 1. The van der Waals surface area contributed by atoms with Crippen LogP contribution in [0, 0.1) is 0 Å². The van der Waals surface area contributed by atoms with Gasteiger partial charge < -0.3 is 4.74 Å². The predicted octanol–water partition coefficient (Wildman–Crippen LogP) is 4.49. The minimum Gasteiger partial charge on any atom is -0.465 e. The van der Waals surface area contributed by atoms with Crippen LogP contribution < -0.4 is 0 Å². The second-order valence-corrected chi connectivity index (χ2v) is 5.69. The molecular weight excluding hydrogens is 312 g/mol. The minimum atomic E-state index is -0.421. The highest BCUT2D eigenvalue weighted by atomic mass is 16.5. The van der Waals surface area contributed by atoms with E-state index in [4.69, 9.17) is 4.74 Å². The quantitative estimate of drug-likeness (QED) is 0.511. The summed E-state index contributed by atoms with van der Waals surface area (Å²) in [6.45, 7) is 0. The second-order valence-electron chi connectivity index (χ2n) is 5.69. The van der Waals surface area contributed by atoms with Gasteiger partial charge in [0, 0.05) is 5.56 Å². The Kier molecular flexibility index (Phi) is 5.05. The van der Waals surface area contributed by atoms with Gasteiger partial charge in [-0.2, -0.15) is 0 Å². The van der Waals surface area contributed by atoms with Crippen LogP contribution in [0.5, 0.6) is 0 Å². The molecule has 0 N–H and O–H groups in total. The molecule has 0 spiro atoms. The molecule has 0 heterocycles. The molecule has 0 aliphatic heterocycles. The number of hydrogen-bond acceptors (Lipinski definition) is 3. The molecule has 3 aromatic rings. The van der Waals surface area contributed by atoms with Crippen molar-refractivity contribution in [2.24, 2.45) is 0 Å². The summed E-state index contributed by atoms with van der Waals surface area (Å²) in [4.78, 5) is 24.8. The van der Waals surface area contributed by atoms with Gasteiger partial charge in [0.15, 0.2) is 5.78 Å². The van der Waals surface area contributed by atoms with Crippen LogP contribution >= 0.6 is 0 Å². The Hall–Kier alpha value is -3.20. The molecule has 0 bridgehead atoms. The molecule has 25 heavy (non-hydrogen) atoms. The number of benzene rings is 3. The lowest BCUT2D eigenvalue weighted by atomic mass is 9.84. The fourth-order valence-corrected chi connectivity index (χ4v) is 2.84. The topological polar surface area (TPSA) is 43.4 Å². The third kappa shape index (κ3) is 3.66. The number of methoxy groups -OCH3 is 1. The number of esters is 1. The van der Waals surface area contributed by atoms with Crippen molar-refractivity contribution >= 4 is 11.8 Å². The van der Waals surface area contributed by atoms with Crippen molar-refractivity contribution in [2.75, 3.05) is 7.11 Å². The third-order valence-corrected chi connectivity index (χ3v) is 4.12. The van der Waals surface area contributed by atoms with Crippen molar-refractivity contribution in [3.8, 4) is 0 Å². The van der Waals surface area contributed by atoms with Crippen molar-refractivity contribution in [3.63, 3.8) is 0 Å². The maximum absolute atomic E-state index is 13.1. The molecular formula is C22H18O3. The molecule has 0 saturated carbocycles. The molecule has 0 amide bonds. The molecule has 3 nitrogen and oxygen atoms in total. The number of ether oxygens (including phenoxy) is 1. The molecule has 3 rings (SSSR count). The molecule has 0 radical (unpaired) electrons. The maximum atomic E-state index is 13.1. The Morgan fingerprint density at radius 2 is 1.20 bits per heavy atom. The fourth-order valence-electron chi connectivity index (χ4n) is 2.84. The van der Waals surface area contributed by atoms with Crippen LogP contribution in [0.25, 0.3) is 0 Å². The molecule has 1 atom stereocenters. The second kappa shape index (κ2) is 7.58. The van der Waals surface area contributed by atoms with E-state index in [0.29, 0.717) is 11.1 Å². The van der Waals surface area contributed by atoms with Gasteiger partial charge in [-0.3, -0.25) is 4.79 Å². The summed E-state index contributed by atoms with van der Waals surface area (Å²) in [5, 5.41) is 0. The zero-order valence-electron chi connectivity index (χ0n) is 13.9. The van der Waals surface area contributed by atoms with Gasteiger partial charge in [0.25, 0.3) is 0 Å². The lowest BCUT2D eigenvalue weighted by Crippen LogP contribution is -2.15. The van der Waals surface area contributed by atoms with Crippen LogP contribution in [0.15, 0.2) is 84.9 Å². The van der Waals surface area contributed by atoms with Crippen LogP contribution in [-0.2, 0) is 4.74 Å². The van der Waals surface area contributed by atoms with E-state index in [1.807, 2.05) is 72.8 Å². The monoisotopic (exact) mass is 330 g/mol. The molecule has 0 aliphatic carbocycles. The lowest BCUT2D eigenvalue weighted by Gasteiger charge is -2.17. The average Bonchev–Trinajstić information content (AvgIpc) is 2.69. The number of ketones is 1. The standard InChI is InChI=1S/C22H18O3/c1-25-22(24)19-14-12-17(13-15-19)20(16-8-4-2-5-9-16)21(23)18-10-6-3-7-11-18/h2-15,20H,1H3. The van der Waals surface area contributed by atoms with Crippen LogP contribution in [-0.4, -0.2) is 18.9 Å². The van der Waals surface area contributed by atoms with E-state index in [9.17, 15) is 9.59 Å². The summed E-state index contributed by atoms with van der Waals surface area (Å²) in [5.41, 5.74) is 2.88. The van der Waals surface area contributed by atoms with Crippen LogP contribution in [0.2, 0.25) is 0 Å². The normalized spacial score (nSPS) is 11.6. The maximum Gasteiger partial charge on any atom is 0.337 e. The van der Waals surface area contributed by atoms with Crippen molar-refractivity contribution in [1.82, 2.24) is 0 Å². The molecule has 0 aromatic heterocycles. The zero-order chi connectivity index (χ0) is 17.6. The number of carbonyl (C=O) groups is 2. The first-order valence-corrected chi connectivity index (χ1v) is 8.03. The molecule has 3 heteroatoms. The summed E-state index contributed by atoms with van der Waals surface area (Å²) in [6, 6.07) is 25.9. The van der Waals surface area contributed by atoms with Crippen molar-refractivity contribution < 1.29 is 14.3 Å². The van der Waals surface area contributed by atoms with E-state index in [0.717, 1.165) is 11.1 Å². The first kappa shape index (κ1) is 16.7.